The molecule has 7 nitrogen and oxygen atoms in total. The number of sulfonamides is 1. The molecule has 96 valence electrons. The molecular weight excluding hydrogens is 247 g/mol. The van der Waals surface area contributed by atoms with E-state index in [0.29, 0.717) is 16.7 Å². The van der Waals surface area contributed by atoms with Crippen molar-refractivity contribution in [3.63, 3.8) is 0 Å². The highest BCUT2D eigenvalue weighted by atomic mass is 32.2. The molecular formula is C8H15BN2O5S. The van der Waals surface area contributed by atoms with Crippen LogP contribution in [0.15, 0.2) is 16.8 Å². The van der Waals surface area contributed by atoms with Crippen molar-refractivity contribution in [2.45, 2.75) is 6.92 Å². The van der Waals surface area contributed by atoms with Gasteiger partial charge in [0.15, 0.2) is 0 Å². The number of nitrogens with zero attached hydrogens (tertiary/aromatic N) is 2. The minimum absolute atomic E-state index is 0.0447. The van der Waals surface area contributed by atoms with E-state index < -0.39 is 17.1 Å². The molecule has 0 radical (unpaired) electrons. The third-order valence-electron chi connectivity index (χ3n) is 1.98. The largest absolute Gasteiger partial charge is 0.493 e. The van der Waals surface area contributed by atoms with Gasteiger partial charge in [-0.15, -0.1) is 0 Å². The fourth-order valence-corrected chi connectivity index (χ4v) is 2.35. The fourth-order valence-electron chi connectivity index (χ4n) is 1.21. The number of methoxy groups -OCH3 is 1. The first kappa shape index (κ1) is 14.0. The van der Waals surface area contributed by atoms with E-state index in [1.54, 1.807) is 6.92 Å². The lowest BCUT2D eigenvalue weighted by molar-refractivity contribution is 0.216. The molecule has 1 rings (SSSR count). The Hall–Kier alpha value is -1.06. The van der Waals surface area contributed by atoms with Crippen LogP contribution in [-0.4, -0.2) is 57.1 Å². The summed E-state index contributed by atoms with van der Waals surface area (Å²) >= 11 is 0. The minimum Gasteiger partial charge on any atom is -0.493 e. The van der Waals surface area contributed by atoms with Gasteiger partial charge in [-0.3, -0.25) is 0 Å². The van der Waals surface area contributed by atoms with E-state index in [2.05, 4.69) is 9.84 Å². The third-order valence-corrected chi connectivity index (χ3v) is 3.54. The highest BCUT2D eigenvalue weighted by Crippen LogP contribution is 2.12. The van der Waals surface area contributed by atoms with Gasteiger partial charge in [0.1, 0.15) is 5.76 Å². The van der Waals surface area contributed by atoms with Gasteiger partial charge in [0, 0.05) is 7.11 Å². The summed E-state index contributed by atoms with van der Waals surface area (Å²) in [6, 6.07) is 0. The monoisotopic (exact) mass is 262 g/mol. The van der Waals surface area contributed by atoms with Gasteiger partial charge < -0.3 is 14.5 Å². The zero-order valence-corrected chi connectivity index (χ0v) is 10.6. The SMILES string of the molecule is CCOC1=CB(O)N(S(=O)(=O)CCOC)N=C1. The number of hydrogen-bond acceptors (Lipinski definition) is 6. The second-order valence-electron chi connectivity index (χ2n) is 3.24. The van der Waals surface area contributed by atoms with Gasteiger partial charge in [0.2, 0.25) is 10.0 Å². The van der Waals surface area contributed by atoms with E-state index in [0.717, 1.165) is 0 Å². The molecule has 0 bridgehead atoms. The fraction of sp³-hybridized carbons (Fsp3) is 0.625. The molecule has 1 aliphatic heterocycles. The van der Waals surface area contributed by atoms with Crippen LogP contribution in [-0.2, 0) is 19.5 Å². The van der Waals surface area contributed by atoms with Gasteiger partial charge in [-0.05, 0) is 12.9 Å². The summed E-state index contributed by atoms with van der Waals surface area (Å²) < 4.78 is 33.9. The number of allylic oxidation sites excluding steroid dienone is 1. The second-order valence-corrected chi connectivity index (χ2v) is 5.19. The van der Waals surface area contributed by atoms with Crippen molar-refractivity contribution in [2.75, 3.05) is 26.1 Å². The molecule has 0 aromatic heterocycles. The molecule has 1 heterocycles. The molecule has 9 heteroatoms. The average Bonchev–Trinajstić information content (AvgIpc) is 2.26. The van der Waals surface area contributed by atoms with Crippen LogP contribution in [0.1, 0.15) is 6.92 Å². The Bertz CT molecular complexity index is 408. The zero-order chi connectivity index (χ0) is 12.9. The topological polar surface area (TPSA) is 88.4 Å². The standard InChI is InChI=1S/C8H15BN2O5S/c1-3-16-8-6-9(12)11(10-7-8)17(13,14)5-4-15-2/h6-7,12H,3-5H2,1-2H3. The molecule has 0 aromatic carbocycles. The summed E-state index contributed by atoms with van der Waals surface area (Å²) in [5, 5.41) is 13.3. The maximum atomic E-state index is 11.7. The van der Waals surface area contributed by atoms with E-state index in [4.69, 9.17) is 4.74 Å². The summed E-state index contributed by atoms with van der Waals surface area (Å²) in [6.45, 7) is 2.24. The van der Waals surface area contributed by atoms with Gasteiger partial charge in [0.25, 0.3) is 0 Å². The van der Waals surface area contributed by atoms with Crippen molar-refractivity contribution < 1.29 is 22.9 Å². The van der Waals surface area contributed by atoms with E-state index >= 15 is 0 Å². The van der Waals surface area contributed by atoms with Crippen molar-refractivity contribution in [1.29, 1.82) is 0 Å². The smallest absolute Gasteiger partial charge is 0.479 e. The van der Waals surface area contributed by atoms with E-state index in [1.165, 1.54) is 19.3 Å². The molecule has 1 N–H and O–H groups in total. The summed E-state index contributed by atoms with van der Waals surface area (Å²) in [5.74, 6) is 1.38. The number of ether oxygens (including phenoxy) is 2. The Labute approximate surface area is 101 Å². The van der Waals surface area contributed by atoms with Crippen molar-refractivity contribution in [2.24, 2.45) is 5.10 Å². The second kappa shape index (κ2) is 6.03. The predicted octanol–water partition coefficient (Wildman–Crippen LogP) is -0.796. The lowest BCUT2D eigenvalue weighted by atomic mass is 9.84. The van der Waals surface area contributed by atoms with Crippen molar-refractivity contribution in [3.8, 4) is 0 Å². The first-order chi connectivity index (χ1) is 8.01. The quantitative estimate of drug-likeness (QED) is 0.633. The average molecular weight is 262 g/mol. The van der Waals surface area contributed by atoms with Gasteiger partial charge in [-0.25, -0.2) is 12.7 Å². The third kappa shape index (κ3) is 3.72. The van der Waals surface area contributed by atoms with Crippen LogP contribution in [0.4, 0.5) is 0 Å². The van der Waals surface area contributed by atoms with Gasteiger partial charge >= 0.3 is 7.05 Å². The first-order valence-corrected chi connectivity index (χ1v) is 6.70. The number of rotatable bonds is 6. The maximum absolute atomic E-state index is 11.7. The highest BCUT2D eigenvalue weighted by Gasteiger charge is 2.32. The van der Waals surface area contributed by atoms with Gasteiger partial charge in [-0.1, -0.05) is 0 Å². The molecule has 0 amide bonds. The van der Waals surface area contributed by atoms with Crippen molar-refractivity contribution >= 4 is 23.3 Å². The highest BCUT2D eigenvalue weighted by molar-refractivity contribution is 7.90. The molecule has 0 spiro atoms. The molecule has 17 heavy (non-hydrogen) atoms. The lowest BCUT2D eigenvalue weighted by Crippen LogP contribution is -2.43. The van der Waals surface area contributed by atoms with Crippen LogP contribution in [0.25, 0.3) is 0 Å². The molecule has 1 aliphatic rings. The summed E-state index contributed by atoms with van der Waals surface area (Å²) in [6.07, 6.45) is 1.25. The Morgan fingerprint density at radius 2 is 2.29 bits per heavy atom. The Morgan fingerprint density at radius 3 is 2.82 bits per heavy atom. The Morgan fingerprint density at radius 1 is 1.59 bits per heavy atom. The van der Waals surface area contributed by atoms with Crippen LogP contribution >= 0.6 is 0 Å². The first-order valence-electron chi connectivity index (χ1n) is 5.09. The molecule has 0 saturated carbocycles. The molecule has 0 fully saturated rings. The summed E-state index contributed by atoms with van der Waals surface area (Å²) in [4.78, 5) is 0. The molecule has 0 unspecified atom stereocenters. The predicted molar refractivity (Wildman–Crippen MR) is 63.7 cm³/mol. The van der Waals surface area contributed by atoms with Gasteiger partial charge in [-0.2, -0.15) is 5.10 Å². The van der Waals surface area contributed by atoms with Crippen LogP contribution < -0.4 is 0 Å². The Balaban J connectivity index is 2.74. The van der Waals surface area contributed by atoms with E-state index in [1.807, 2.05) is 0 Å². The molecule has 0 aromatic rings. The summed E-state index contributed by atoms with van der Waals surface area (Å²) in [5.41, 5.74) is 0. The minimum atomic E-state index is -3.67. The van der Waals surface area contributed by atoms with Crippen LogP contribution in [0, 0.1) is 0 Å². The number of hydrazone groups is 1. The maximum Gasteiger partial charge on any atom is 0.479 e. The van der Waals surface area contributed by atoms with Crippen LogP contribution in [0.3, 0.4) is 0 Å². The zero-order valence-electron chi connectivity index (χ0n) is 9.74. The summed E-state index contributed by atoms with van der Waals surface area (Å²) in [7, 11) is -3.62. The van der Waals surface area contributed by atoms with Gasteiger partial charge in [0.05, 0.1) is 25.2 Å². The lowest BCUT2D eigenvalue weighted by Gasteiger charge is -2.23. The normalized spacial score (nSPS) is 16.1. The van der Waals surface area contributed by atoms with Crippen molar-refractivity contribution in [3.05, 3.63) is 11.7 Å². The van der Waals surface area contributed by atoms with Crippen LogP contribution in [0.5, 0.6) is 0 Å². The molecule has 0 saturated heterocycles. The van der Waals surface area contributed by atoms with Crippen molar-refractivity contribution in [1.82, 2.24) is 4.33 Å². The van der Waals surface area contributed by atoms with Crippen LogP contribution in [0.2, 0.25) is 0 Å². The number of hydrogen-bond donors (Lipinski definition) is 1. The molecule has 0 aliphatic carbocycles. The Kier molecular flexibility index (Phi) is 4.97. The van der Waals surface area contributed by atoms with E-state index in [9.17, 15) is 13.4 Å². The van der Waals surface area contributed by atoms with E-state index in [-0.39, 0.29) is 12.4 Å². The molecule has 0 atom stereocenters.